The lowest BCUT2D eigenvalue weighted by molar-refractivity contribution is 0.192. The van der Waals surface area contributed by atoms with Crippen LogP contribution in [-0.2, 0) is 36.9 Å². The molecule has 0 aliphatic carbocycles. The molecule has 0 atom stereocenters. The predicted octanol–water partition coefficient (Wildman–Crippen LogP) is 1.21. The summed E-state index contributed by atoms with van der Waals surface area (Å²) in [5.74, 6) is 0. The van der Waals surface area contributed by atoms with E-state index in [9.17, 15) is 16.8 Å². The molecule has 0 saturated carbocycles. The first-order valence-electron chi connectivity index (χ1n) is 5.82. The maximum Gasteiger partial charge on any atom is 0.390 e. The third kappa shape index (κ3) is 12.0. The Morgan fingerprint density at radius 3 is 1.10 bits per heavy atom. The van der Waals surface area contributed by atoms with E-state index in [0.29, 0.717) is 0 Å². The zero-order valence-corrected chi connectivity index (χ0v) is 16.1. The Labute approximate surface area is 123 Å². The van der Waals surface area contributed by atoms with Crippen LogP contribution in [0.1, 0.15) is 0 Å². The number of rotatable bonds is 9. The van der Waals surface area contributed by atoms with Crippen LogP contribution in [-0.4, -0.2) is 46.7 Å². The van der Waals surface area contributed by atoms with Crippen molar-refractivity contribution in [2.75, 3.05) is 13.2 Å². The summed E-state index contributed by atoms with van der Waals surface area (Å²) >= 11 is 0. The van der Waals surface area contributed by atoms with Crippen molar-refractivity contribution in [2.45, 2.75) is 39.3 Å². The maximum absolute atomic E-state index is 11.4. The molecular formula is C8H22O8S2Si2. The first-order valence-corrected chi connectivity index (χ1v) is 15.3. The van der Waals surface area contributed by atoms with Gasteiger partial charge in [-0.2, -0.15) is 16.8 Å². The zero-order chi connectivity index (χ0) is 16.2. The van der Waals surface area contributed by atoms with Crippen molar-refractivity contribution in [2.24, 2.45) is 0 Å². The molecule has 0 aromatic heterocycles. The van der Waals surface area contributed by atoms with Gasteiger partial charge in [-0.15, -0.1) is 0 Å². The van der Waals surface area contributed by atoms with E-state index in [0.717, 1.165) is 0 Å². The van der Waals surface area contributed by atoms with E-state index >= 15 is 0 Å². The number of hydrogen-bond donors (Lipinski definition) is 0. The minimum Gasteiger partial charge on any atom is -0.294 e. The number of hydrogen-bond acceptors (Lipinski definition) is 8. The molecule has 0 heterocycles. The van der Waals surface area contributed by atoms with Crippen LogP contribution in [0.2, 0.25) is 39.3 Å². The summed E-state index contributed by atoms with van der Waals surface area (Å²) in [4.78, 5) is 0. The van der Waals surface area contributed by atoms with Gasteiger partial charge in [-0.25, -0.2) is 8.37 Å². The Bertz CT molecular complexity index is 452. The van der Waals surface area contributed by atoms with Crippen molar-refractivity contribution in [3.05, 3.63) is 0 Å². The fourth-order valence-electron chi connectivity index (χ4n) is 0.933. The minimum absolute atomic E-state index is 0.471. The fourth-order valence-corrected chi connectivity index (χ4v) is 6.76. The van der Waals surface area contributed by atoms with Gasteiger partial charge in [0.2, 0.25) is 16.6 Å². The van der Waals surface area contributed by atoms with Crippen molar-refractivity contribution in [3.63, 3.8) is 0 Å². The highest BCUT2D eigenvalue weighted by molar-refractivity contribution is 7.83. The van der Waals surface area contributed by atoms with Gasteiger partial charge in [0.15, 0.2) is 0 Å². The van der Waals surface area contributed by atoms with Crippen molar-refractivity contribution >= 4 is 37.4 Å². The Balaban J connectivity index is 4.22. The summed E-state index contributed by atoms with van der Waals surface area (Å²) < 4.78 is 64.0. The molecule has 8 nitrogen and oxygen atoms in total. The normalized spacial score (nSPS) is 14.5. The highest BCUT2D eigenvalue weighted by Crippen LogP contribution is 2.11. The molecule has 0 rings (SSSR count). The van der Waals surface area contributed by atoms with Crippen molar-refractivity contribution in [1.82, 2.24) is 0 Å². The van der Waals surface area contributed by atoms with Gasteiger partial charge < -0.3 is 0 Å². The lowest BCUT2D eigenvalue weighted by Crippen LogP contribution is -2.32. The van der Waals surface area contributed by atoms with Crippen molar-refractivity contribution in [1.29, 1.82) is 0 Å². The largest absolute Gasteiger partial charge is 0.390 e. The molecule has 12 heteroatoms. The Hall–Kier alpha value is 0.174. The second-order valence-electron chi connectivity index (χ2n) is 5.85. The summed E-state index contributed by atoms with van der Waals surface area (Å²) in [5.41, 5.74) is 0. The molecule has 0 N–H and O–H groups in total. The smallest absolute Gasteiger partial charge is 0.294 e. The maximum atomic E-state index is 11.4. The van der Waals surface area contributed by atoms with E-state index in [1.165, 1.54) is 0 Å². The molecule has 0 bridgehead atoms. The second-order valence-corrected chi connectivity index (χ2v) is 17.7. The topological polar surface area (TPSA) is 105 Å². The van der Waals surface area contributed by atoms with Crippen LogP contribution >= 0.6 is 0 Å². The van der Waals surface area contributed by atoms with Crippen LogP contribution in [0.15, 0.2) is 0 Å². The van der Waals surface area contributed by atoms with Crippen LogP contribution in [0.4, 0.5) is 0 Å². The Morgan fingerprint density at radius 2 is 0.900 bits per heavy atom. The van der Waals surface area contributed by atoms with E-state index in [-0.39, 0.29) is 0 Å². The Morgan fingerprint density at radius 1 is 0.650 bits per heavy atom. The molecule has 0 saturated heterocycles. The van der Waals surface area contributed by atoms with E-state index < -0.39 is 50.6 Å². The van der Waals surface area contributed by atoms with Gasteiger partial charge in [0, 0.05) is 0 Å². The van der Waals surface area contributed by atoms with Crippen LogP contribution in [0.5, 0.6) is 0 Å². The predicted molar refractivity (Wildman–Crippen MR) is 78.6 cm³/mol. The van der Waals surface area contributed by atoms with E-state index in [4.69, 9.17) is 7.74 Å². The standard InChI is InChI=1S/C8H22O8S2Si2/c1-19(2,3)15-17(9,10)13-7-8-14-18(11,12)16-20(4,5)6/h7-8H2,1-6H3. The van der Waals surface area contributed by atoms with Gasteiger partial charge in [0.25, 0.3) is 0 Å². The van der Waals surface area contributed by atoms with E-state index in [2.05, 4.69) is 8.37 Å². The van der Waals surface area contributed by atoms with Gasteiger partial charge in [0.1, 0.15) is 0 Å². The van der Waals surface area contributed by atoms with Gasteiger partial charge in [-0.1, -0.05) is 0 Å². The quantitative estimate of drug-likeness (QED) is 0.443. The molecular weight excluding hydrogens is 344 g/mol. The average molecular weight is 367 g/mol. The first-order chi connectivity index (χ1) is 8.62. The van der Waals surface area contributed by atoms with Gasteiger partial charge in [-0.05, 0) is 39.3 Å². The van der Waals surface area contributed by atoms with Gasteiger partial charge in [0.05, 0.1) is 13.2 Å². The second kappa shape index (κ2) is 6.96. The molecule has 0 aliphatic heterocycles. The van der Waals surface area contributed by atoms with E-state index in [1.54, 1.807) is 39.3 Å². The lowest BCUT2D eigenvalue weighted by atomic mass is 10.8. The summed E-state index contributed by atoms with van der Waals surface area (Å²) in [6, 6.07) is 0. The van der Waals surface area contributed by atoms with E-state index in [1.807, 2.05) is 0 Å². The third-order valence-corrected chi connectivity index (χ3v) is 7.79. The molecule has 0 spiro atoms. The van der Waals surface area contributed by atoms with Crippen LogP contribution in [0, 0.1) is 0 Å². The molecule has 0 aliphatic rings. The summed E-state index contributed by atoms with van der Waals surface area (Å²) in [7, 11) is -12.9. The van der Waals surface area contributed by atoms with Gasteiger partial charge in [-0.3, -0.25) is 7.74 Å². The van der Waals surface area contributed by atoms with Crippen molar-refractivity contribution in [3.8, 4) is 0 Å². The monoisotopic (exact) mass is 366 g/mol. The SMILES string of the molecule is C[Si](C)(C)OS(=O)(=O)OCCOS(=O)(=O)O[Si](C)(C)C. The molecule has 0 unspecified atom stereocenters. The molecule has 0 amide bonds. The molecule has 122 valence electrons. The molecule has 0 fully saturated rings. The van der Waals surface area contributed by atoms with Crippen molar-refractivity contribution < 1.29 is 32.9 Å². The summed E-state index contributed by atoms with van der Waals surface area (Å²) in [6.07, 6.45) is 0. The highest BCUT2D eigenvalue weighted by Gasteiger charge is 2.27. The Kier molecular flexibility index (Phi) is 7.02. The van der Waals surface area contributed by atoms with Crippen LogP contribution in [0.3, 0.4) is 0 Å². The minimum atomic E-state index is -4.14. The van der Waals surface area contributed by atoms with Gasteiger partial charge >= 0.3 is 20.8 Å². The zero-order valence-electron chi connectivity index (χ0n) is 12.5. The average Bonchev–Trinajstić information content (AvgIpc) is 2.04. The van der Waals surface area contributed by atoms with Crippen LogP contribution < -0.4 is 0 Å². The molecule has 20 heavy (non-hydrogen) atoms. The third-order valence-electron chi connectivity index (χ3n) is 1.24. The summed E-state index contributed by atoms with van der Waals surface area (Å²) in [5, 5.41) is 0. The lowest BCUT2D eigenvalue weighted by Gasteiger charge is -2.17. The highest BCUT2D eigenvalue weighted by atomic mass is 32.3. The fraction of sp³-hybridized carbons (Fsp3) is 1.00. The van der Waals surface area contributed by atoms with Crippen LogP contribution in [0.25, 0.3) is 0 Å². The molecule has 0 radical (unpaired) electrons. The molecule has 0 aromatic rings. The first kappa shape index (κ1) is 20.2. The molecule has 0 aromatic carbocycles. The summed E-state index contributed by atoms with van der Waals surface area (Å²) in [6.45, 7) is 9.12.